The number of unbranched alkanes of at least 4 members (excludes halogenated alkanes) is 2. The van der Waals surface area contributed by atoms with Crippen LogP contribution in [0.15, 0.2) is 84.9 Å². The van der Waals surface area contributed by atoms with Gasteiger partial charge in [-0.2, -0.15) is 0 Å². The van der Waals surface area contributed by atoms with Crippen LogP contribution in [0.4, 0.5) is 0 Å². The summed E-state index contributed by atoms with van der Waals surface area (Å²) in [6.07, 6.45) is 7.30. The molecule has 44 heavy (non-hydrogen) atoms. The molecule has 0 spiro atoms. The first-order valence-corrected chi connectivity index (χ1v) is 16.5. The first-order chi connectivity index (χ1) is 20.9. The largest absolute Gasteiger partial charge is 0.481 e. The molecule has 0 radical (unpaired) electrons. The summed E-state index contributed by atoms with van der Waals surface area (Å²) in [5.74, 6) is -1.53. The average Bonchev–Trinajstić information content (AvgIpc) is 3.02. The number of benzene rings is 3. The van der Waals surface area contributed by atoms with Crippen LogP contribution >= 0.6 is 0 Å². The van der Waals surface area contributed by atoms with Gasteiger partial charge in [0.05, 0.1) is 0 Å². The fourth-order valence-corrected chi connectivity index (χ4v) is 7.77. The first kappa shape index (κ1) is 35.1. The minimum Gasteiger partial charge on any atom is -0.481 e. The van der Waals surface area contributed by atoms with Gasteiger partial charge in [0.2, 0.25) is 0 Å². The quantitative estimate of drug-likeness (QED) is 0.153. The van der Waals surface area contributed by atoms with E-state index < -0.39 is 11.9 Å². The molecule has 0 bridgehead atoms. The first-order valence-electron chi connectivity index (χ1n) is 16.5. The second-order valence-electron chi connectivity index (χ2n) is 13.7. The van der Waals surface area contributed by atoms with E-state index >= 15 is 0 Å². The molecule has 0 aliphatic rings. The zero-order chi connectivity index (χ0) is 32.4. The van der Waals surface area contributed by atoms with Gasteiger partial charge in [-0.3, -0.25) is 9.59 Å². The van der Waals surface area contributed by atoms with Crippen molar-refractivity contribution in [2.24, 2.45) is 0 Å². The van der Waals surface area contributed by atoms with Crippen molar-refractivity contribution in [3.63, 3.8) is 0 Å². The van der Waals surface area contributed by atoms with E-state index in [4.69, 9.17) is 0 Å². The molecule has 0 saturated heterocycles. The van der Waals surface area contributed by atoms with Gasteiger partial charge in [-0.05, 0) is 58.8 Å². The number of hydrogen-bond donors (Lipinski definition) is 2. The van der Waals surface area contributed by atoms with Crippen LogP contribution in [-0.2, 0) is 31.2 Å². The Morgan fingerprint density at radius 1 is 0.500 bits per heavy atom. The minimum atomic E-state index is -0.764. The van der Waals surface area contributed by atoms with Gasteiger partial charge < -0.3 is 10.2 Å². The number of aliphatic carboxylic acids is 2. The molecule has 238 valence electrons. The van der Waals surface area contributed by atoms with Gasteiger partial charge in [-0.25, -0.2) is 0 Å². The van der Waals surface area contributed by atoms with Crippen molar-refractivity contribution in [2.75, 3.05) is 0 Å². The summed E-state index contributed by atoms with van der Waals surface area (Å²) >= 11 is 0. The summed E-state index contributed by atoms with van der Waals surface area (Å²) < 4.78 is 0. The smallest absolute Gasteiger partial charge is 0.303 e. The maximum absolute atomic E-state index is 11.9. The van der Waals surface area contributed by atoms with E-state index in [2.05, 4.69) is 114 Å². The molecule has 2 N–H and O–H groups in total. The van der Waals surface area contributed by atoms with Gasteiger partial charge in [0.1, 0.15) is 0 Å². The summed E-state index contributed by atoms with van der Waals surface area (Å²) in [5, 5.41) is 19.6. The molecular formula is C40H54O4. The molecule has 0 heterocycles. The average molecular weight is 599 g/mol. The van der Waals surface area contributed by atoms with Crippen LogP contribution in [-0.4, -0.2) is 22.2 Å². The fourth-order valence-electron chi connectivity index (χ4n) is 7.77. The Morgan fingerprint density at radius 3 is 1.09 bits per heavy atom. The zero-order valence-electron chi connectivity index (χ0n) is 27.9. The molecule has 3 rings (SSSR count). The molecule has 3 aromatic carbocycles. The Labute approximate surface area is 265 Å². The van der Waals surface area contributed by atoms with E-state index in [1.165, 1.54) is 22.3 Å². The molecule has 3 aromatic rings. The van der Waals surface area contributed by atoms with Gasteiger partial charge in [-0.15, -0.1) is 0 Å². The van der Waals surface area contributed by atoms with Crippen molar-refractivity contribution >= 4 is 11.9 Å². The lowest BCUT2D eigenvalue weighted by Gasteiger charge is -2.50. The molecule has 4 nitrogen and oxygen atoms in total. The highest BCUT2D eigenvalue weighted by atomic mass is 16.4. The van der Waals surface area contributed by atoms with Crippen LogP contribution in [0.1, 0.15) is 128 Å². The summed E-state index contributed by atoms with van der Waals surface area (Å²) in [6.45, 7) is 13.5. The van der Waals surface area contributed by atoms with E-state index in [-0.39, 0.29) is 34.5 Å². The number of carboxylic acid groups (broad SMARTS) is 2. The molecule has 0 saturated carbocycles. The van der Waals surface area contributed by atoms with E-state index in [0.717, 1.165) is 38.5 Å². The predicted molar refractivity (Wildman–Crippen MR) is 182 cm³/mol. The Kier molecular flexibility index (Phi) is 12.0. The maximum Gasteiger partial charge on any atom is 0.303 e. The van der Waals surface area contributed by atoms with E-state index in [9.17, 15) is 19.8 Å². The standard InChI is InChI=1S/C40H54O4/c1-7-9-27-39(29-25-35(41)42,33-17-13-11-14-18-33)37(3,4)31-21-23-32(24-22-31)38(5,6)40(28-10-8-2,30-26-36(43)44)34-19-15-12-16-20-34/h11-24H,7-10,25-30H2,1-6H3,(H,41,42)(H,43,44). The summed E-state index contributed by atoms with van der Waals surface area (Å²) in [6, 6.07) is 30.0. The maximum atomic E-state index is 11.9. The van der Waals surface area contributed by atoms with Crippen LogP contribution in [0, 0.1) is 0 Å². The van der Waals surface area contributed by atoms with Crippen molar-refractivity contribution in [2.45, 2.75) is 127 Å². The minimum absolute atomic E-state index is 0.119. The van der Waals surface area contributed by atoms with Gasteiger partial charge in [-0.1, -0.05) is 152 Å². The number of hydrogen-bond acceptors (Lipinski definition) is 2. The summed E-state index contributed by atoms with van der Waals surface area (Å²) in [5.41, 5.74) is 3.37. The molecule has 0 aliphatic carbocycles. The molecular weight excluding hydrogens is 544 g/mol. The summed E-state index contributed by atoms with van der Waals surface area (Å²) in [7, 11) is 0. The molecule has 4 heteroatoms. The van der Waals surface area contributed by atoms with Crippen LogP contribution in [0.3, 0.4) is 0 Å². The van der Waals surface area contributed by atoms with Gasteiger partial charge >= 0.3 is 11.9 Å². The molecule has 2 unspecified atom stereocenters. The lowest BCUT2D eigenvalue weighted by molar-refractivity contribution is -0.138. The van der Waals surface area contributed by atoms with E-state index in [1.54, 1.807) is 0 Å². The lowest BCUT2D eigenvalue weighted by Crippen LogP contribution is -2.47. The van der Waals surface area contributed by atoms with Gasteiger partial charge in [0.25, 0.3) is 0 Å². The zero-order valence-corrected chi connectivity index (χ0v) is 27.9. The van der Waals surface area contributed by atoms with Gasteiger partial charge in [0.15, 0.2) is 0 Å². The number of carboxylic acids is 2. The molecule has 2 atom stereocenters. The number of carbonyl (C=O) groups is 2. The monoisotopic (exact) mass is 598 g/mol. The van der Waals surface area contributed by atoms with Crippen molar-refractivity contribution in [3.8, 4) is 0 Å². The van der Waals surface area contributed by atoms with Gasteiger partial charge in [0, 0.05) is 23.7 Å². The van der Waals surface area contributed by atoms with Crippen molar-refractivity contribution in [3.05, 3.63) is 107 Å². The fraction of sp³-hybridized carbons (Fsp3) is 0.500. The van der Waals surface area contributed by atoms with E-state index in [0.29, 0.717) is 12.8 Å². The molecule has 0 amide bonds. The van der Waals surface area contributed by atoms with Crippen LogP contribution in [0.5, 0.6) is 0 Å². The third kappa shape index (κ3) is 7.28. The Balaban J connectivity index is 2.16. The Morgan fingerprint density at radius 2 is 0.818 bits per heavy atom. The SMILES string of the molecule is CCCCC(CCC(=O)O)(c1ccccc1)C(C)(C)c1ccc(C(C)(C)C(CCCC)(CCC(=O)O)c2ccccc2)cc1. The second kappa shape index (κ2) is 15.1. The third-order valence-corrected chi connectivity index (χ3v) is 10.8. The number of rotatable bonds is 18. The van der Waals surface area contributed by atoms with E-state index in [1.807, 2.05) is 12.1 Å². The normalized spacial score (nSPS) is 14.9. The van der Waals surface area contributed by atoms with Crippen molar-refractivity contribution in [1.82, 2.24) is 0 Å². The topological polar surface area (TPSA) is 74.6 Å². The lowest BCUT2D eigenvalue weighted by atomic mass is 9.53. The Bertz CT molecular complexity index is 1220. The highest BCUT2D eigenvalue weighted by Gasteiger charge is 2.49. The van der Waals surface area contributed by atoms with Crippen LogP contribution in [0.2, 0.25) is 0 Å². The summed E-state index contributed by atoms with van der Waals surface area (Å²) in [4.78, 5) is 23.8. The Hall–Kier alpha value is -3.40. The highest BCUT2D eigenvalue weighted by molar-refractivity contribution is 5.67. The van der Waals surface area contributed by atoms with Crippen LogP contribution in [0.25, 0.3) is 0 Å². The molecule has 0 aromatic heterocycles. The second-order valence-corrected chi connectivity index (χ2v) is 13.7. The van der Waals surface area contributed by atoms with Crippen LogP contribution < -0.4 is 0 Å². The third-order valence-electron chi connectivity index (χ3n) is 10.8. The highest BCUT2D eigenvalue weighted by Crippen LogP contribution is 2.53. The molecule has 0 fully saturated rings. The molecule has 0 aliphatic heterocycles. The van der Waals surface area contributed by atoms with Crippen molar-refractivity contribution in [1.29, 1.82) is 0 Å². The predicted octanol–water partition coefficient (Wildman–Crippen LogP) is 10.2. The van der Waals surface area contributed by atoms with Crippen molar-refractivity contribution < 1.29 is 19.8 Å².